The number of hydrogen-bond acceptors (Lipinski definition) is 5. The Bertz CT molecular complexity index is 977. The van der Waals surface area contributed by atoms with E-state index in [2.05, 4.69) is 27.7 Å². The first-order valence-electron chi connectivity index (χ1n) is 11.1. The number of hydrogen-bond donors (Lipinski definition) is 2. The SMILES string of the molecule is COc1ccc(NC(=S)N2CCNC(=O)[C@@H]2CC(=O)N2CCN(c3ccccc3)CC2)cc1. The molecule has 0 aliphatic carbocycles. The van der Waals surface area contributed by atoms with Crippen molar-refractivity contribution in [3.8, 4) is 5.75 Å². The van der Waals surface area contributed by atoms with Gasteiger partial charge in [-0.25, -0.2) is 0 Å². The molecular weight excluding hydrogens is 438 g/mol. The molecule has 2 saturated heterocycles. The lowest BCUT2D eigenvalue weighted by Crippen LogP contribution is -2.60. The fourth-order valence-corrected chi connectivity index (χ4v) is 4.51. The molecule has 2 aromatic carbocycles. The summed E-state index contributed by atoms with van der Waals surface area (Å²) in [6.07, 6.45) is 0.0988. The lowest BCUT2D eigenvalue weighted by atomic mass is 10.1. The van der Waals surface area contributed by atoms with Gasteiger partial charge in [0.1, 0.15) is 11.8 Å². The highest BCUT2D eigenvalue weighted by Crippen LogP contribution is 2.19. The van der Waals surface area contributed by atoms with Crippen LogP contribution in [0.25, 0.3) is 0 Å². The molecule has 0 bridgehead atoms. The van der Waals surface area contributed by atoms with Crippen LogP contribution in [-0.2, 0) is 9.59 Å². The number of carbonyl (C=O) groups is 2. The van der Waals surface area contributed by atoms with E-state index in [0.29, 0.717) is 31.3 Å². The summed E-state index contributed by atoms with van der Waals surface area (Å²) >= 11 is 5.60. The number of piperazine rings is 2. The molecule has 9 heteroatoms. The molecular formula is C24H29N5O3S. The first-order chi connectivity index (χ1) is 16.0. The maximum Gasteiger partial charge on any atom is 0.243 e. The van der Waals surface area contributed by atoms with Gasteiger partial charge in [0.05, 0.1) is 13.5 Å². The molecule has 2 aliphatic rings. The minimum atomic E-state index is -0.628. The van der Waals surface area contributed by atoms with Crippen LogP contribution in [0.4, 0.5) is 11.4 Å². The third-order valence-electron chi connectivity index (χ3n) is 6.05. The topological polar surface area (TPSA) is 77.1 Å². The summed E-state index contributed by atoms with van der Waals surface area (Å²) in [7, 11) is 1.61. The average Bonchev–Trinajstić information content (AvgIpc) is 2.86. The van der Waals surface area contributed by atoms with Gasteiger partial charge in [-0.15, -0.1) is 0 Å². The fraction of sp³-hybridized carbons (Fsp3) is 0.375. The molecule has 0 aromatic heterocycles. The predicted octanol–water partition coefficient (Wildman–Crippen LogP) is 1.93. The van der Waals surface area contributed by atoms with Crippen LogP contribution in [0.15, 0.2) is 54.6 Å². The maximum atomic E-state index is 13.1. The highest BCUT2D eigenvalue weighted by atomic mass is 32.1. The van der Waals surface area contributed by atoms with Crippen LogP contribution in [0.5, 0.6) is 5.75 Å². The standard InChI is InChI=1S/C24H29N5O3S/c1-32-20-9-7-18(8-10-20)26-24(33)29-12-11-25-23(31)21(29)17-22(30)28-15-13-27(14-16-28)19-5-3-2-4-6-19/h2-10,21H,11-17H2,1H3,(H,25,31)(H,26,33)/t21-/m0/s1. The zero-order valence-corrected chi connectivity index (χ0v) is 19.5. The number of nitrogens with one attached hydrogen (secondary N) is 2. The van der Waals surface area contributed by atoms with Crippen molar-refractivity contribution < 1.29 is 14.3 Å². The van der Waals surface area contributed by atoms with E-state index in [1.165, 1.54) is 0 Å². The highest BCUT2D eigenvalue weighted by molar-refractivity contribution is 7.80. The van der Waals surface area contributed by atoms with Crippen LogP contribution in [0.1, 0.15) is 6.42 Å². The number of anilines is 2. The minimum absolute atomic E-state index is 0.0259. The third kappa shape index (κ3) is 5.54. The van der Waals surface area contributed by atoms with E-state index < -0.39 is 6.04 Å². The number of methoxy groups -OCH3 is 1. The molecule has 0 saturated carbocycles. The van der Waals surface area contributed by atoms with E-state index in [9.17, 15) is 9.59 Å². The molecule has 0 radical (unpaired) electrons. The summed E-state index contributed by atoms with van der Waals surface area (Å²) in [6.45, 7) is 3.85. The molecule has 1 atom stereocenters. The second-order valence-electron chi connectivity index (χ2n) is 8.07. The lowest BCUT2D eigenvalue weighted by molar-refractivity contribution is -0.137. The van der Waals surface area contributed by atoms with Gasteiger partial charge in [0.15, 0.2) is 5.11 Å². The Kier molecular flexibility index (Phi) is 7.29. The van der Waals surface area contributed by atoms with Crippen molar-refractivity contribution in [3.05, 3.63) is 54.6 Å². The summed E-state index contributed by atoms with van der Waals surface area (Å²) < 4.78 is 5.19. The number of ether oxygens (including phenoxy) is 1. The monoisotopic (exact) mass is 467 g/mol. The van der Waals surface area contributed by atoms with E-state index in [1.54, 1.807) is 7.11 Å². The lowest BCUT2D eigenvalue weighted by Gasteiger charge is -2.39. The van der Waals surface area contributed by atoms with Crippen molar-refractivity contribution in [2.24, 2.45) is 0 Å². The van der Waals surface area contributed by atoms with Gasteiger partial charge in [-0.1, -0.05) is 18.2 Å². The van der Waals surface area contributed by atoms with Crippen LogP contribution >= 0.6 is 12.2 Å². The summed E-state index contributed by atoms with van der Waals surface area (Å²) in [5.41, 5.74) is 1.96. The molecule has 2 amide bonds. The van der Waals surface area contributed by atoms with Crippen molar-refractivity contribution in [3.63, 3.8) is 0 Å². The smallest absolute Gasteiger partial charge is 0.243 e. The number of benzene rings is 2. The Labute approximate surface area is 199 Å². The van der Waals surface area contributed by atoms with Gasteiger partial charge in [-0.05, 0) is 48.6 Å². The van der Waals surface area contributed by atoms with Gasteiger partial charge in [0.25, 0.3) is 0 Å². The summed E-state index contributed by atoms with van der Waals surface area (Å²) in [4.78, 5) is 31.7. The Hall–Kier alpha value is -3.33. The zero-order chi connectivity index (χ0) is 23.2. The van der Waals surface area contributed by atoms with E-state index in [0.717, 1.165) is 30.2 Å². The largest absolute Gasteiger partial charge is 0.497 e. The highest BCUT2D eigenvalue weighted by Gasteiger charge is 2.35. The van der Waals surface area contributed by atoms with Crippen LogP contribution in [0.2, 0.25) is 0 Å². The number of para-hydroxylation sites is 1. The van der Waals surface area contributed by atoms with Gasteiger partial charge in [0, 0.05) is 50.6 Å². The quantitative estimate of drug-likeness (QED) is 0.651. The van der Waals surface area contributed by atoms with Crippen molar-refractivity contribution in [1.82, 2.24) is 15.1 Å². The van der Waals surface area contributed by atoms with Crippen LogP contribution in [0, 0.1) is 0 Å². The Morgan fingerprint density at radius 3 is 2.42 bits per heavy atom. The summed E-state index contributed by atoms with van der Waals surface area (Å²) in [6, 6.07) is 17.0. The van der Waals surface area contributed by atoms with E-state index in [-0.39, 0.29) is 18.2 Å². The van der Waals surface area contributed by atoms with Gasteiger partial charge >= 0.3 is 0 Å². The molecule has 4 rings (SSSR count). The van der Waals surface area contributed by atoms with E-state index in [4.69, 9.17) is 17.0 Å². The van der Waals surface area contributed by atoms with Crippen molar-refractivity contribution in [2.45, 2.75) is 12.5 Å². The molecule has 2 heterocycles. The van der Waals surface area contributed by atoms with Crippen LogP contribution in [-0.4, -0.2) is 79.1 Å². The summed E-state index contributed by atoms with van der Waals surface area (Å²) in [5, 5.41) is 6.48. The van der Waals surface area contributed by atoms with Gasteiger partial charge in [0.2, 0.25) is 11.8 Å². The third-order valence-corrected chi connectivity index (χ3v) is 6.39. The number of rotatable bonds is 5. The Morgan fingerprint density at radius 1 is 1.06 bits per heavy atom. The Balaban J connectivity index is 1.36. The molecule has 33 heavy (non-hydrogen) atoms. The zero-order valence-electron chi connectivity index (χ0n) is 18.7. The Morgan fingerprint density at radius 2 is 1.76 bits per heavy atom. The maximum absolute atomic E-state index is 13.1. The minimum Gasteiger partial charge on any atom is -0.497 e. The predicted molar refractivity (Wildman–Crippen MR) is 133 cm³/mol. The van der Waals surface area contributed by atoms with Crippen molar-refractivity contribution in [1.29, 1.82) is 0 Å². The van der Waals surface area contributed by atoms with Gasteiger partial charge < -0.3 is 30.1 Å². The second-order valence-corrected chi connectivity index (χ2v) is 8.45. The van der Waals surface area contributed by atoms with Crippen molar-refractivity contribution in [2.75, 3.05) is 56.6 Å². The van der Waals surface area contributed by atoms with Crippen LogP contribution in [0.3, 0.4) is 0 Å². The molecule has 0 unspecified atom stereocenters. The molecule has 2 aliphatic heterocycles. The number of thiocarbonyl (C=S) groups is 1. The first kappa shape index (κ1) is 22.8. The molecule has 8 nitrogen and oxygen atoms in total. The average molecular weight is 468 g/mol. The fourth-order valence-electron chi connectivity index (χ4n) is 4.18. The molecule has 2 fully saturated rings. The molecule has 2 aromatic rings. The van der Waals surface area contributed by atoms with Crippen LogP contribution < -0.4 is 20.3 Å². The molecule has 174 valence electrons. The number of amides is 2. The van der Waals surface area contributed by atoms with Crippen molar-refractivity contribution >= 4 is 40.5 Å². The number of carbonyl (C=O) groups excluding carboxylic acids is 2. The van der Waals surface area contributed by atoms with E-state index >= 15 is 0 Å². The van der Waals surface area contributed by atoms with E-state index in [1.807, 2.05) is 52.3 Å². The van der Waals surface area contributed by atoms with Gasteiger partial charge in [-0.2, -0.15) is 0 Å². The number of nitrogens with zero attached hydrogens (tertiary/aromatic N) is 3. The molecule has 2 N–H and O–H groups in total. The first-order valence-corrected chi connectivity index (χ1v) is 11.5. The van der Waals surface area contributed by atoms with Gasteiger partial charge in [-0.3, -0.25) is 9.59 Å². The normalized spacial score (nSPS) is 18.5. The molecule has 0 spiro atoms. The second kappa shape index (κ2) is 10.5. The summed E-state index contributed by atoms with van der Waals surface area (Å²) in [5.74, 6) is 0.554.